The third-order valence-corrected chi connectivity index (χ3v) is 4.02. The molecule has 0 aromatic heterocycles. The fourth-order valence-electron chi connectivity index (χ4n) is 2.67. The van der Waals surface area contributed by atoms with Gasteiger partial charge in [0.2, 0.25) is 0 Å². The van der Waals surface area contributed by atoms with E-state index in [0.29, 0.717) is 18.8 Å². The summed E-state index contributed by atoms with van der Waals surface area (Å²) < 4.78 is 39.2. The zero-order valence-corrected chi connectivity index (χ0v) is 14.7. The summed E-state index contributed by atoms with van der Waals surface area (Å²) in [6, 6.07) is 8.31. The van der Waals surface area contributed by atoms with Gasteiger partial charge in [0, 0.05) is 19.2 Å². The van der Waals surface area contributed by atoms with E-state index in [9.17, 15) is 28.1 Å². The van der Waals surface area contributed by atoms with Crippen molar-refractivity contribution in [3.8, 4) is 0 Å². The van der Waals surface area contributed by atoms with Crippen molar-refractivity contribution in [2.24, 2.45) is 0 Å². The first kappa shape index (κ1) is 20.2. The normalized spacial score (nSPS) is 11.1. The molecule has 0 aliphatic rings. The van der Waals surface area contributed by atoms with Gasteiger partial charge in [0.05, 0.1) is 21.9 Å². The van der Waals surface area contributed by atoms with Gasteiger partial charge in [0.25, 0.3) is 11.6 Å². The number of carbonyl (C=O) groups is 1. The van der Waals surface area contributed by atoms with E-state index in [2.05, 4.69) is 5.32 Å². The van der Waals surface area contributed by atoms with E-state index < -0.39 is 28.3 Å². The molecule has 27 heavy (non-hydrogen) atoms. The zero-order chi connectivity index (χ0) is 20.2. The minimum Gasteiger partial charge on any atom is -0.370 e. The Bertz CT molecular complexity index is 849. The summed E-state index contributed by atoms with van der Waals surface area (Å²) in [6.07, 6.45) is -4.58. The lowest BCUT2D eigenvalue weighted by Gasteiger charge is -2.25. The van der Waals surface area contributed by atoms with Gasteiger partial charge in [-0.25, -0.2) is 0 Å². The summed E-state index contributed by atoms with van der Waals surface area (Å²) in [5.41, 5.74) is -1.23. The standard InChI is InChI=1S/C18H18F3N3O3/c1-3-23(4-2)16-10-9-12(18(19,20)21)11-14(16)22-17(25)13-7-5-6-8-15(13)24(26)27/h5-11H,3-4H2,1-2H3,(H,22,25). The van der Waals surface area contributed by atoms with Gasteiger partial charge in [0.15, 0.2) is 0 Å². The molecule has 0 atom stereocenters. The van der Waals surface area contributed by atoms with Crippen LogP contribution < -0.4 is 10.2 Å². The highest BCUT2D eigenvalue weighted by atomic mass is 19.4. The average Bonchev–Trinajstić information content (AvgIpc) is 2.62. The third kappa shape index (κ3) is 4.55. The first-order valence-corrected chi connectivity index (χ1v) is 8.20. The van der Waals surface area contributed by atoms with Crippen LogP contribution in [-0.2, 0) is 6.18 Å². The second kappa shape index (κ2) is 8.07. The molecule has 0 saturated heterocycles. The van der Waals surface area contributed by atoms with Gasteiger partial charge < -0.3 is 10.2 Å². The molecule has 0 saturated carbocycles. The molecule has 144 valence electrons. The van der Waals surface area contributed by atoms with Crippen molar-refractivity contribution in [2.45, 2.75) is 20.0 Å². The maximum absolute atomic E-state index is 13.1. The number of halogens is 3. The summed E-state index contributed by atoms with van der Waals surface area (Å²) in [4.78, 5) is 24.7. The van der Waals surface area contributed by atoms with Gasteiger partial charge in [-0.05, 0) is 38.1 Å². The number of benzene rings is 2. The van der Waals surface area contributed by atoms with Crippen LogP contribution in [0.5, 0.6) is 0 Å². The van der Waals surface area contributed by atoms with Gasteiger partial charge in [0.1, 0.15) is 5.56 Å². The van der Waals surface area contributed by atoms with E-state index in [1.54, 1.807) is 4.90 Å². The lowest BCUT2D eigenvalue weighted by molar-refractivity contribution is -0.385. The Hall–Kier alpha value is -3.10. The van der Waals surface area contributed by atoms with E-state index in [-0.39, 0.29) is 11.3 Å². The Balaban J connectivity index is 2.49. The Morgan fingerprint density at radius 1 is 1.15 bits per heavy atom. The minimum atomic E-state index is -4.58. The van der Waals surface area contributed by atoms with Crippen LogP contribution in [0.25, 0.3) is 0 Å². The maximum Gasteiger partial charge on any atom is 0.416 e. The van der Waals surface area contributed by atoms with Crippen LogP contribution in [0.1, 0.15) is 29.8 Å². The second-order valence-corrected chi connectivity index (χ2v) is 5.63. The highest BCUT2D eigenvalue weighted by molar-refractivity contribution is 6.08. The van der Waals surface area contributed by atoms with Crippen LogP contribution in [0.15, 0.2) is 42.5 Å². The SMILES string of the molecule is CCN(CC)c1ccc(C(F)(F)F)cc1NC(=O)c1ccccc1[N+](=O)[O-]. The summed E-state index contributed by atoms with van der Waals surface area (Å²) in [5, 5.41) is 13.5. The molecule has 6 nitrogen and oxygen atoms in total. The van der Waals surface area contributed by atoms with Crippen molar-refractivity contribution in [3.63, 3.8) is 0 Å². The van der Waals surface area contributed by atoms with Crippen molar-refractivity contribution in [3.05, 3.63) is 63.7 Å². The molecule has 0 bridgehead atoms. The number of hydrogen-bond acceptors (Lipinski definition) is 4. The number of nitro groups is 1. The van der Waals surface area contributed by atoms with Gasteiger partial charge in [-0.3, -0.25) is 14.9 Å². The monoisotopic (exact) mass is 381 g/mol. The fraction of sp³-hybridized carbons (Fsp3) is 0.278. The lowest BCUT2D eigenvalue weighted by atomic mass is 10.1. The molecular formula is C18H18F3N3O3. The molecular weight excluding hydrogens is 363 g/mol. The summed E-state index contributed by atoms with van der Waals surface area (Å²) in [5.74, 6) is -0.852. The van der Waals surface area contributed by atoms with Gasteiger partial charge in [-0.1, -0.05) is 12.1 Å². The minimum absolute atomic E-state index is 0.0586. The molecule has 2 aromatic rings. The quantitative estimate of drug-likeness (QED) is 0.581. The lowest BCUT2D eigenvalue weighted by Crippen LogP contribution is -2.25. The largest absolute Gasteiger partial charge is 0.416 e. The van der Waals surface area contributed by atoms with Crippen LogP contribution >= 0.6 is 0 Å². The number of para-hydroxylation sites is 1. The predicted molar refractivity (Wildman–Crippen MR) is 96.1 cm³/mol. The highest BCUT2D eigenvalue weighted by Gasteiger charge is 2.32. The molecule has 0 spiro atoms. The first-order chi connectivity index (χ1) is 12.7. The predicted octanol–water partition coefficient (Wildman–Crippen LogP) is 4.71. The number of hydrogen-bond donors (Lipinski definition) is 1. The summed E-state index contributed by atoms with van der Waals surface area (Å²) >= 11 is 0. The highest BCUT2D eigenvalue weighted by Crippen LogP contribution is 2.36. The molecule has 0 aliphatic heterocycles. The fourth-order valence-corrected chi connectivity index (χ4v) is 2.67. The molecule has 0 radical (unpaired) electrons. The number of carbonyl (C=O) groups excluding carboxylic acids is 1. The Morgan fingerprint density at radius 3 is 2.33 bits per heavy atom. The number of anilines is 2. The van der Waals surface area contributed by atoms with E-state index in [4.69, 9.17) is 0 Å². The number of alkyl halides is 3. The van der Waals surface area contributed by atoms with E-state index in [1.165, 1.54) is 24.3 Å². The van der Waals surface area contributed by atoms with E-state index in [0.717, 1.165) is 18.2 Å². The van der Waals surface area contributed by atoms with Gasteiger partial charge in [-0.2, -0.15) is 13.2 Å². The van der Waals surface area contributed by atoms with Crippen LogP contribution in [0.2, 0.25) is 0 Å². The average molecular weight is 381 g/mol. The third-order valence-electron chi connectivity index (χ3n) is 4.02. The number of nitrogens with zero attached hydrogens (tertiary/aromatic N) is 2. The topological polar surface area (TPSA) is 75.5 Å². The number of nitrogens with one attached hydrogen (secondary N) is 1. The second-order valence-electron chi connectivity index (χ2n) is 5.63. The van der Waals surface area contributed by atoms with E-state index >= 15 is 0 Å². The smallest absolute Gasteiger partial charge is 0.370 e. The van der Waals surface area contributed by atoms with Crippen molar-refractivity contribution in [1.29, 1.82) is 0 Å². The van der Waals surface area contributed by atoms with Crippen molar-refractivity contribution >= 4 is 23.0 Å². The molecule has 2 aromatic carbocycles. The molecule has 2 rings (SSSR count). The molecule has 9 heteroatoms. The summed E-state index contributed by atoms with van der Waals surface area (Å²) in [7, 11) is 0. The number of rotatable bonds is 6. The van der Waals surface area contributed by atoms with Gasteiger partial charge in [-0.15, -0.1) is 0 Å². The van der Waals surface area contributed by atoms with Gasteiger partial charge >= 0.3 is 6.18 Å². The Kier molecular flexibility index (Phi) is 6.04. The van der Waals surface area contributed by atoms with Crippen molar-refractivity contribution in [2.75, 3.05) is 23.3 Å². The molecule has 0 fully saturated rings. The van der Waals surface area contributed by atoms with Crippen LogP contribution in [0.3, 0.4) is 0 Å². The number of amides is 1. The van der Waals surface area contributed by atoms with Crippen LogP contribution in [0.4, 0.5) is 30.2 Å². The van der Waals surface area contributed by atoms with Crippen LogP contribution in [-0.4, -0.2) is 23.9 Å². The zero-order valence-electron chi connectivity index (χ0n) is 14.7. The molecule has 0 aliphatic carbocycles. The molecule has 1 amide bonds. The molecule has 1 N–H and O–H groups in total. The van der Waals surface area contributed by atoms with E-state index in [1.807, 2.05) is 13.8 Å². The van der Waals surface area contributed by atoms with Crippen molar-refractivity contribution in [1.82, 2.24) is 0 Å². The summed E-state index contributed by atoms with van der Waals surface area (Å²) in [6.45, 7) is 4.68. The Morgan fingerprint density at radius 2 is 1.78 bits per heavy atom. The maximum atomic E-state index is 13.1. The Labute approximate surface area is 153 Å². The van der Waals surface area contributed by atoms with Crippen molar-refractivity contribution < 1.29 is 22.9 Å². The molecule has 0 unspecified atom stereocenters. The molecule has 0 heterocycles. The van der Waals surface area contributed by atoms with Crippen LogP contribution in [0, 0.1) is 10.1 Å². The number of nitro benzene ring substituents is 1. The first-order valence-electron chi connectivity index (χ1n) is 8.20.